The van der Waals surface area contributed by atoms with Crippen LogP contribution in [0.4, 0.5) is 0 Å². The lowest BCUT2D eigenvalue weighted by Crippen LogP contribution is -2.43. The van der Waals surface area contributed by atoms with Gasteiger partial charge in [-0.25, -0.2) is 0 Å². The number of hydrogen-bond donors (Lipinski definition) is 0. The van der Waals surface area contributed by atoms with Gasteiger partial charge in [0.2, 0.25) is 0 Å². The topological polar surface area (TPSA) is 0 Å². The number of allylic oxidation sites excluding steroid dienone is 4. The Bertz CT molecular complexity index is 3000. The van der Waals surface area contributed by atoms with Crippen molar-refractivity contribution < 1.29 is 0 Å². The summed E-state index contributed by atoms with van der Waals surface area (Å²) in [6.07, 6.45) is 8.21. The Morgan fingerprint density at radius 1 is 0.469 bits per heavy atom. The van der Waals surface area contributed by atoms with E-state index in [0.29, 0.717) is 11.8 Å². The fourth-order valence-electron chi connectivity index (χ4n) is 10.9. The summed E-state index contributed by atoms with van der Waals surface area (Å²) >= 11 is 0. The van der Waals surface area contributed by atoms with Gasteiger partial charge in [-0.3, -0.25) is 0 Å². The second-order valence-electron chi connectivity index (χ2n) is 18.6. The smallest absolute Gasteiger partial charge is 0.0439 e. The second-order valence-corrected chi connectivity index (χ2v) is 18.6. The molecule has 2 aliphatic carbocycles. The van der Waals surface area contributed by atoms with Gasteiger partial charge in [0.15, 0.2) is 0 Å². The van der Waals surface area contributed by atoms with Gasteiger partial charge >= 0.3 is 0 Å². The molecule has 0 saturated heterocycles. The summed E-state index contributed by atoms with van der Waals surface area (Å²) in [6.45, 7) is 18.7. The van der Waals surface area contributed by atoms with Gasteiger partial charge < -0.3 is 0 Å². The summed E-state index contributed by atoms with van der Waals surface area (Å²) < 4.78 is 0. The molecule has 0 N–H and O–H groups in total. The van der Waals surface area contributed by atoms with Gasteiger partial charge in [-0.05, 0) is 150 Å². The van der Waals surface area contributed by atoms with E-state index in [-0.39, 0.29) is 5.92 Å². The molecular weight excluding hydrogens is 769 g/mol. The molecule has 0 heteroatoms. The predicted octanol–water partition coefficient (Wildman–Crippen LogP) is 17.6. The number of hydrogen-bond acceptors (Lipinski definition) is 0. The quantitative estimate of drug-likeness (QED) is 0.143. The van der Waals surface area contributed by atoms with Gasteiger partial charge in [-0.1, -0.05) is 224 Å². The first-order valence-electron chi connectivity index (χ1n) is 23.7. The highest BCUT2D eigenvalue weighted by Gasteiger charge is 2.51. The molecule has 2 aliphatic rings. The van der Waals surface area contributed by atoms with Crippen LogP contribution in [0, 0.1) is 11.8 Å². The van der Waals surface area contributed by atoms with E-state index in [1.807, 2.05) is 13.8 Å². The van der Waals surface area contributed by atoms with Crippen LogP contribution in [0.25, 0.3) is 49.7 Å². The van der Waals surface area contributed by atoms with Crippen LogP contribution in [0.2, 0.25) is 0 Å². The molecular formula is C64H62. The lowest BCUT2D eigenvalue weighted by Gasteiger charge is -2.50. The third kappa shape index (κ3) is 7.18. The molecule has 64 heavy (non-hydrogen) atoms. The molecule has 4 atom stereocenters. The highest BCUT2D eigenvalue weighted by Crippen LogP contribution is 2.61. The molecule has 318 valence electrons. The lowest BCUT2D eigenvalue weighted by atomic mass is 9.52. The van der Waals surface area contributed by atoms with Crippen molar-refractivity contribution in [3.8, 4) is 33.4 Å². The van der Waals surface area contributed by atoms with Crippen molar-refractivity contribution in [2.24, 2.45) is 11.8 Å². The normalized spacial score (nSPS) is 19.3. The zero-order chi connectivity index (χ0) is 44.6. The van der Waals surface area contributed by atoms with E-state index < -0.39 is 10.8 Å². The van der Waals surface area contributed by atoms with E-state index in [1.165, 1.54) is 94.2 Å². The zero-order valence-electron chi connectivity index (χ0n) is 39.0. The van der Waals surface area contributed by atoms with Gasteiger partial charge in [-0.2, -0.15) is 0 Å². The van der Waals surface area contributed by atoms with E-state index in [2.05, 4.69) is 242 Å². The van der Waals surface area contributed by atoms with Crippen LogP contribution in [-0.2, 0) is 10.8 Å². The van der Waals surface area contributed by atoms with Gasteiger partial charge in [0.1, 0.15) is 0 Å². The SMILES string of the molecule is CC.CC1C=CC(c2ccc(-c3ccccc3)c(C3(C)c4ccccc4C(C)(c4cc(-c5ccccc5)ccc4-c4ccccc4)c4c3cc3ccccc3c4C(C)C(C)C)c2)=CC1. The van der Waals surface area contributed by atoms with Crippen molar-refractivity contribution >= 4 is 16.3 Å². The highest BCUT2D eigenvalue weighted by molar-refractivity contribution is 5.93. The standard InChI is InChI=1S/C62H56.C2H6/c1-41(2)43(4)59-53-27-17-16-26-50(53)40-58-60(59)62(6,57-39-48(44-20-10-7-11-21-44)34-37-52(57)47-24-14-9-15-25-47)55-29-19-18-28-54(55)61(58,5)56-38-49(45-32-30-42(3)31-33-45)35-36-51(56)46-22-12-8-13-23-46;1-2/h7-30,32-43H,31H2,1-6H3;1-2H3. The van der Waals surface area contributed by atoms with Crippen LogP contribution >= 0.6 is 0 Å². The van der Waals surface area contributed by atoms with Gasteiger partial charge in [-0.15, -0.1) is 0 Å². The Balaban J connectivity index is 0.00000256. The minimum Gasteiger partial charge on any atom is -0.0808 e. The predicted molar refractivity (Wildman–Crippen MR) is 276 cm³/mol. The largest absolute Gasteiger partial charge is 0.0808 e. The summed E-state index contributed by atoms with van der Waals surface area (Å²) in [5.74, 6) is 1.24. The molecule has 0 spiro atoms. The van der Waals surface area contributed by atoms with Crippen molar-refractivity contribution in [3.05, 3.63) is 245 Å². The molecule has 8 aromatic rings. The minimum absolute atomic E-state index is 0.278. The van der Waals surface area contributed by atoms with Crippen LogP contribution in [0.3, 0.4) is 0 Å². The summed E-state index contributed by atoms with van der Waals surface area (Å²) in [5, 5.41) is 2.65. The van der Waals surface area contributed by atoms with E-state index >= 15 is 0 Å². The van der Waals surface area contributed by atoms with E-state index in [0.717, 1.165) is 6.42 Å². The molecule has 0 fully saturated rings. The number of fused-ring (bicyclic) bond motifs is 3. The van der Waals surface area contributed by atoms with Crippen molar-refractivity contribution in [3.63, 3.8) is 0 Å². The second kappa shape index (κ2) is 17.6. The first kappa shape index (κ1) is 42.8. The number of rotatable bonds is 8. The fraction of sp³-hybridized carbons (Fsp3) is 0.219. The Hall–Kier alpha value is -6.50. The average molecular weight is 831 g/mol. The Kier molecular flexibility index (Phi) is 11.8. The average Bonchev–Trinajstić information content (AvgIpc) is 3.36. The summed E-state index contributed by atoms with van der Waals surface area (Å²) in [5.41, 5.74) is 18.7. The molecule has 0 aliphatic heterocycles. The first-order chi connectivity index (χ1) is 31.2. The maximum absolute atomic E-state index is 2.58. The van der Waals surface area contributed by atoms with Crippen LogP contribution in [0.1, 0.15) is 112 Å². The first-order valence-corrected chi connectivity index (χ1v) is 23.7. The Morgan fingerprint density at radius 3 is 1.55 bits per heavy atom. The van der Waals surface area contributed by atoms with Gasteiger partial charge in [0.05, 0.1) is 0 Å². The zero-order valence-corrected chi connectivity index (χ0v) is 39.0. The molecule has 0 radical (unpaired) electrons. The molecule has 0 saturated carbocycles. The fourth-order valence-corrected chi connectivity index (χ4v) is 10.9. The minimum atomic E-state index is -0.542. The van der Waals surface area contributed by atoms with Crippen molar-refractivity contribution in [1.82, 2.24) is 0 Å². The van der Waals surface area contributed by atoms with Crippen LogP contribution < -0.4 is 0 Å². The Labute approximate surface area is 383 Å². The lowest BCUT2D eigenvalue weighted by molar-refractivity contribution is 0.510. The molecule has 0 bridgehead atoms. The molecule has 0 heterocycles. The molecule has 8 aromatic carbocycles. The van der Waals surface area contributed by atoms with E-state index in [1.54, 1.807) is 0 Å². The summed E-state index contributed by atoms with van der Waals surface area (Å²) in [6, 6.07) is 68.9. The maximum atomic E-state index is 2.58. The van der Waals surface area contributed by atoms with Gasteiger partial charge in [0.25, 0.3) is 0 Å². The molecule has 0 nitrogen and oxygen atoms in total. The van der Waals surface area contributed by atoms with Crippen LogP contribution in [0.5, 0.6) is 0 Å². The van der Waals surface area contributed by atoms with Crippen molar-refractivity contribution in [2.45, 2.75) is 78.6 Å². The number of benzene rings is 8. The van der Waals surface area contributed by atoms with E-state index in [4.69, 9.17) is 0 Å². The molecule has 4 unspecified atom stereocenters. The van der Waals surface area contributed by atoms with E-state index in [9.17, 15) is 0 Å². The Morgan fingerprint density at radius 2 is 0.969 bits per heavy atom. The summed E-state index contributed by atoms with van der Waals surface area (Å²) in [4.78, 5) is 0. The van der Waals surface area contributed by atoms with Crippen molar-refractivity contribution in [2.75, 3.05) is 0 Å². The monoisotopic (exact) mass is 830 g/mol. The highest BCUT2D eigenvalue weighted by atomic mass is 14.5. The third-order valence-electron chi connectivity index (χ3n) is 14.6. The molecule has 0 amide bonds. The molecule has 0 aromatic heterocycles. The maximum Gasteiger partial charge on any atom is 0.0439 e. The molecule has 10 rings (SSSR count). The third-order valence-corrected chi connectivity index (χ3v) is 14.6. The van der Waals surface area contributed by atoms with Gasteiger partial charge in [0, 0.05) is 10.8 Å². The van der Waals surface area contributed by atoms with Crippen molar-refractivity contribution in [1.29, 1.82) is 0 Å². The van der Waals surface area contributed by atoms with Crippen LogP contribution in [0.15, 0.2) is 200 Å². The van der Waals surface area contributed by atoms with Crippen LogP contribution in [-0.4, -0.2) is 0 Å². The summed E-state index contributed by atoms with van der Waals surface area (Å²) in [7, 11) is 0.